The highest BCUT2D eigenvalue weighted by Gasteiger charge is 2.07. The molecule has 0 aliphatic rings. The monoisotopic (exact) mass is 276 g/mol. The number of rotatable bonds is 3. The first-order valence-corrected chi connectivity index (χ1v) is 5.98. The summed E-state index contributed by atoms with van der Waals surface area (Å²) in [4.78, 5) is 8.36. The minimum Gasteiger partial charge on any atom is -0.508 e. The van der Waals surface area contributed by atoms with Crippen LogP contribution in [0.15, 0.2) is 42.5 Å². The largest absolute Gasteiger partial charge is 0.508 e. The Morgan fingerprint density at radius 3 is 2.35 bits per heavy atom. The van der Waals surface area contributed by atoms with Gasteiger partial charge in [-0.15, -0.1) is 0 Å². The van der Waals surface area contributed by atoms with Gasteiger partial charge >= 0.3 is 0 Å². The zero-order chi connectivity index (χ0) is 15.0. The zero-order valence-electron chi connectivity index (χ0n) is 11.0. The quantitative estimate of drug-likeness (QED) is 0.749. The summed E-state index contributed by atoms with van der Waals surface area (Å²) in [6.07, 6.45) is 0.856. The van der Waals surface area contributed by atoms with Crippen LogP contribution in [-0.2, 0) is 11.2 Å². The van der Waals surface area contributed by atoms with Crippen LogP contribution in [0.1, 0.15) is 12.5 Å². The van der Waals surface area contributed by atoms with Crippen molar-refractivity contribution in [3.8, 4) is 23.0 Å². The Kier molecular flexibility index (Phi) is 5.90. The third kappa shape index (κ3) is 4.20. The summed E-state index contributed by atoms with van der Waals surface area (Å²) in [5.74, 6) is 0.995. The van der Waals surface area contributed by atoms with E-state index in [1.54, 1.807) is 0 Å². The fraction of sp³-hybridized carbons (Fsp3) is 0.133. The Bertz CT molecular complexity index is 566. The zero-order valence-corrected chi connectivity index (χ0v) is 11.0. The van der Waals surface area contributed by atoms with Gasteiger partial charge in [0, 0.05) is 6.07 Å². The highest BCUT2D eigenvalue weighted by Crippen LogP contribution is 2.34. The summed E-state index contributed by atoms with van der Waals surface area (Å²) in [6, 6.07) is 11.9. The van der Waals surface area contributed by atoms with E-state index in [1.165, 1.54) is 18.2 Å². The van der Waals surface area contributed by atoms with E-state index in [2.05, 4.69) is 0 Å². The van der Waals surface area contributed by atoms with Crippen molar-refractivity contribution < 1.29 is 24.9 Å². The van der Waals surface area contributed by atoms with Crippen molar-refractivity contribution in [1.82, 2.24) is 0 Å². The first-order valence-electron chi connectivity index (χ1n) is 5.98. The van der Waals surface area contributed by atoms with Gasteiger partial charge in [0.15, 0.2) is 11.5 Å². The Labute approximate surface area is 116 Å². The molecule has 0 aromatic heterocycles. The van der Waals surface area contributed by atoms with E-state index in [4.69, 9.17) is 14.6 Å². The summed E-state index contributed by atoms with van der Waals surface area (Å²) in [5.41, 5.74) is 1.07. The number of ether oxygens (including phenoxy) is 1. The summed E-state index contributed by atoms with van der Waals surface area (Å²) in [7, 11) is 0. The lowest BCUT2D eigenvalue weighted by Crippen LogP contribution is -1.90. The van der Waals surface area contributed by atoms with E-state index in [0.29, 0.717) is 5.75 Å². The van der Waals surface area contributed by atoms with Gasteiger partial charge in [0.2, 0.25) is 0 Å². The minimum absolute atomic E-state index is 0.0126. The van der Waals surface area contributed by atoms with Crippen molar-refractivity contribution in [3.63, 3.8) is 0 Å². The van der Waals surface area contributed by atoms with Crippen molar-refractivity contribution in [2.45, 2.75) is 13.3 Å². The van der Waals surface area contributed by atoms with Gasteiger partial charge in [-0.1, -0.05) is 25.1 Å². The molecular formula is C15H16O5. The molecule has 0 unspecified atom stereocenters. The lowest BCUT2D eigenvalue weighted by Gasteiger charge is -2.11. The molecule has 0 aliphatic heterocycles. The number of hydrogen-bond donors (Lipinski definition) is 3. The van der Waals surface area contributed by atoms with Gasteiger partial charge in [-0.2, -0.15) is 0 Å². The van der Waals surface area contributed by atoms with Crippen LogP contribution in [0.3, 0.4) is 0 Å². The molecule has 0 saturated heterocycles. The maximum absolute atomic E-state index is 9.63. The Morgan fingerprint density at radius 2 is 1.75 bits per heavy atom. The molecule has 2 rings (SSSR count). The molecular weight excluding hydrogens is 260 g/mol. The molecule has 0 amide bonds. The number of aromatic hydroxyl groups is 2. The first kappa shape index (κ1) is 15.4. The van der Waals surface area contributed by atoms with E-state index in [0.717, 1.165) is 17.7 Å². The van der Waals surface area contributed by atoms with Crippen LogP contribution in [0.25, 0.3) is 0 Å². The third-order valence-electron chi connectivity index (χ3n) is 2.52. The number of carbonyl (C=O) groups is 1. The van der Waals surface area contributed by atoms with Crippen molar-refractivity contribution in [2.75, 3.05) is 0 Å². The smallest absolute Gasteiger partial charge is 0.290 e. The van der Waals surface area contributed by atoms with Crippen LogP contribution in [-0.4, -0.2) is 21.8 Å². The molecule has 2 aromatic rings. The number of benzene rings is 2. The lowest BCUT2D eigenvalue weighted by atomic mass is 10.1. The van der Waals surface area contributed by atoms with Gasteiger partial charge in [0.05, 0.1) is 0 Å². The van der Waals surface area contributed by atoms with Gasteiger partial charge in [0.1, 0.15) is 11.5 Å². The highest BCUT2D eigenvalue weighted by molar-refractivity contribution is 5.47. The molecule has 106 valence electrons. The molecule has 0 atom stereocenters. The molecule has 3 N–H and O–H groups in total. The fourth-order valence-corrected chi connectivity index (χ4v) is 1.61. The molecule has 0 bridgehead atoms. The van der Waals surface area contributed by atoms with E-state index < -0.39 is 0 Å². The van der Waals surface area contributed by atoms with Crippen LogP contribution in [0.4, 0.5) is 0 Å². The lowest BCUT2D eigenvalue weighted by molar-refractivity contribution is -0.122. The summed E-state index contributed by atoms with van der Waals surface area (Å²) in [5, 5.41) is 25.7. The molecule has 0 heterocycles. The number of hydrogen-bond acceptors (Lipinski definition) is 4. The van der Waals surface area contributed by atoms with Crippen molar-refractivity contribution in [2.24, 2.45) is 0 Å². The summed E-state index contributed by atoms with van der Waals surface area (Å²) < 4.78 is 5.63. The van der Waals surface area contributed by atoms with E-state index in [1.807, 2.05) is 31.2 Å². The second kappa shape index (κ2) is 7.68. The minimum atomic E-state index is -0.250. The van der Waals surface area contributed by atoms with Crippen LogP contribution >= 0.6 is 0 Å². The third-order valence-corrected chi connectivity index (χ3v) is 2.52. The Morgan fingerprint density at radius 1 is 1.10 bits per heavy atom. The van der Waals surface area contributed by atoms with Gasteiger partial charge in [-0.05, 0) is 30.2 Å². The predicted octanol–water partition coefficient (Wildman–Crippen LogP) is 3.15. The van der Waals surface area contributed by atoms with Gasteiger partial charge < -0.3 is 20.1 Å². The summed E-state index contributed by atoms with van der Waals surface area (Å²) >= 11 is 0. The van der Waals surface area contributed by atoms with Gasteiger partial charge in [-0.25, -0.2) is 0 Å². The molecule has 0 aliphatic carbocycles. The normalized spacial score (nSPS) is 9.25. The highest BCUT2D eigenvalue weighted by atomic mass is 16.5. The Balaban J connectivity index is 0.000000612. The number of phenolic OH excluding ortho intramolecular Hbond substituents is 2. The Hall–Kier alpha value is -2.69. The maximum Gasteiger partial charge on any atom is 0.290 e. The molecule has 0 radical (unpaired) electrons. The molecule has 0 saturated carbocycles. The van der Waals surface area contributed by atoms with Crippen molar-refractivity contribution in [1.29, 1.82) is 0 Å². The molecule has 5 heteroatoms. The molecule has 0 spiro atoms. The number of para-hydroxylation sites is 1. The molecule has 5 nitrogen and oxygen atoms in total. The average molecular weight is 276 g/mol. The van der Waals surface area contributed by atoms with E-state index >= 15 is 0 Å². The number of carboxylic acid groups (broad SMARTS) is 1. The van der Waals surface area contributed by atoms with E-state index in [-0.39, 0.29) is 18.0 Å². The van der Waals surface area contributed by atoms with Gasteiger partial charge in [0.25, 0.3) is 6.47 Å². The molecule has 2 aromatic carbocycles. The van der Waals surface area contributed by atoms with E-state index in [9.17, 15) is 10.2 Å². The molecule has 20 heavy (non-hydrogen) atoms. The predicted molar refractivity (Wildman–Crippen MR) is 74.4 cm³/mol. The maximum atomic E-state index is 9.63. The van der Waals surface area contributed by atoms with Crippen LogP contribution < -0.4 is 4.74 Å². The van der Waals surface area contributed by atoms with Crippen LogP contribution in [0.2, 0.25) is 0 Å². The second-order valence-corrected chi connectivity index (χ2v) is 3.82. The SMILES string of the molecule is CCc1ccccc1Oc1ccc(O)cc1O.O=CO. The topological polar surface area (TPSA) is 87.0 Å². The second-order valence-electron chi connectivity index (χ2n) is 3.82. The van der Waals surface area contributed by atoms with Crippen molar-refractivity contribution >= 4 is 6.47 Å². The molecule has 0 fully saturated rings. The number of aryl methyl sites for hydroxylation is 1. The van der Waals surface area contributed by atoms with Crippen molar-refractivity contribution in [3.05, 3.63) is 48.0 Å². The standard InChI is InChI=1S/C14H14O3.CH2O2/c1-2-10-5-3-4-6-13(10)17-14-8-7-11(15)9-12(14)16;2-1-3/h3-9,15-16H,2H2,1H3;1H,(H,2,3). The van der Waals surface area contributed by atoms with Gasteiger partial charge in [-0.3, -0.25) is 4.79 Å². The average Bonchev–Trinajstić information content (AvgIpc) is 2.43. The summed E-state index contributed by atoms with van der Waals surface area (Å²) in [6.45, 7) is 1.79. The number of phenols is 2. The fourth-order valence-electron chi connectivity index (χ4n) is 1.61. The first-order chi connectivity index (χ1) is 9.62. The van der Waals surface area contributed by atoms with Crippen LogP contribution in [0.5, 0.6) is 23.0 Å². The van der Waals surface area contributed by atoms with Crippen LogP contribution in [0, 0.1) is 0 Å².